The first-order chi connectivity index (χ1) is 11.3. The zero-order valence-corrected chi connectivity index (χ0v) is 15.3. The van der Waals surface area contributed by atoms with Crippen LogP contribution in [-0.4, -0.2) is 26.6 Å². The Bertz CT molecular complexity index is 834. The van der Waals surface area contributed by atoms with Gasteiger partial charge in [-0.3, -0.25) is 4.79 Å². The van der Waals surface area contributed by atoms with Crippen LogP contribution in [0.5, 0.6) is 0 Å². The molecule has 2 aromatic rings. The molecular formula is C18H20ClNO3S. The van der Waals surface area contributed by atoms with Crippen LogP contribution < -0.4 is 4.90 Å². The second-order valence-electron chi connectivity index (χ2n) is 5.55. The molecule has 0 radical (unpaired) electrons. The molecule has 0 atom stereocenters. The summed E-state index contributed by atoms with van der Waals surface area (Å²) in [7, 11) is -3.61. The summed E-state index contributed by atoms with van der Waals surface area (Å²) in [6.07, 6.45) is 0. The van der Waals surface area contributed by atoms with Gasteiger partial charge in [0, 0.05) is 17.3 Å². The number of sulfone groups is 1. The van der Waals surface area contributed by atoms with Crippen molar-refractivity contribution >= 4 is 33.0 Å². The fraction of sp³-hybridized carbons (Fsp3) is 0.278. The number of para-hydroxylation sites is 1. The molecule has 0 saturated heterocycles. The van der Waals surface area contributed by atoms with Crippen molar-refractivity contribution in [3.8, 4) is 0 Å². The van der Waals surface area contributed by atoms with Gasteiger partial charge in [0.05, 0.1) is 5.75 Å². The van der Waals surface area contributed by atoms with Crippen LogP contribution in [0.2, 0.25) is 5.02 Å². The minimum Gasteiger partial charge on any atom is -0.312 e. The van der Waals surface area contributed by atoms with E-state index >= 15 is 0 Å². The summed E-state index contributed by atoms with van der Waals surface area (Å²) in [4.78, 5) is 14.0. The van der Waals surface area contributed by atoms with Crippen LogP contribution in [-0.2, 0) is 20.4 Å². The molecule has 0 N–H and O–H groups in total. The van der Waals surface area contributed by atoms with E-state index in [2.05, 4.69) is 0 Å². The van der Waals surface area contributed by atoms with E-state index in [-0.39, 0.29) is 5.75 Å². The quantitative estimate of drug-likeness (QED) is 0.785. The maximum absolute atomic E-state index is 12.5. The Balaban J connectivity index is 2.18. The largest absolute Gasteiger partial charge is 0.312 e. The number of halogens is 1. The molecule has 0 unspecified atom stereocenters. The zero-order valence-electron chi connectivity index (χ0n) is 13.7. The van der Waals surface area contributed by atoms with Gasteiger partial charge in [-0.15, -0.1) is 0 Å². The van der Waals surface area contributed by atoms with E-state index in [1.807, 2.05) is 38.1 Å². The lowest BCUT2D eigenvalue weighted by Crippen LogP contribution is -2.36. The van der Waals surface area contributed by atoms with Crippen LogP contribution in [0.1, 0.15) is 18.1 Å². The highest BCUT2D eigenvalue weighted by atomic mass is 35.5. The van der Waals surface area contributed by atoms with Crippen molar-refractivity contribution in [3.63, 3.8) is 0 Å². The molecule has 0 aromatic heterocycles. The Hall–Kier alpha value is -1.85. The van der Waals surface area contributed by atoms with E-state index in [0.717, 1.165) is 11.3 Å². The van der Waals surface area contributed by atoms with Crippen molar-refractivity contribution in [2.45, 2.75) is 19.6 Å². The van der Waals surface area contributed by atoms with Crippen molar-refractivity contribution in [1.82, 2.24) is 0 Å². The van der Waals surface area contributed by atoms with Gasteiger partial charge >= 0.3 is 0 Å². The third-order valence-corrected chi connectivity index (χ3v) is 5.51. The summed E-state index contributed by atoms with van der Waals surface area (Å²) in [5.41, 5.74) is 2.17. The molecule has 4 nitrogen and oxygen atoms in total. The molecule has 6 heteroatoms. The second-order valence-corrected chi connectivity index (χ2v) is 8.02. The highest BCUT2D eigenvalue weighted by molar-refractivity contribution is 7.91. The molecule has 2 rings (SSSR count). The molecule has 128 valence electrons. The first-order valence-corrected chi connectivity index (χ1v) is 9.84. The van der Waals surface area contributed by atoms with Gasteiger partial charge < -0.3 is 4.90 Å². The maximum Gasteiger partial charge on any atom is 0.242 e. The number of carbonyl (C=O) groups excluding carboxylic acids is 1. The molecule has 0 heterocycles. The third-order valence-electron chi connectivity index (χ3n) is 3.70. The summed E-state index contributed by atoms with van der Waals surface area (Å²) in [6.45, 7) is 4.12. The van der Waals surface area contributed by atoms with Crippen molar-refractivity contribution in [2.75, 3.05) is 17.2 Å². The van der Waals surface area contributed by atoms with Gasteiger partial charge in [-0.2, -0.15) is 0 Å². The topological polar surface area (TPSA) is 54.5 Å². The van der Waals surface area contributed by atoms with Crippen molar-refractivity contribution < 1.29 is 13.2 Å². The first kappa shape index (κ1) is 18.5. The summed E-state index contributed by atoms with van der Waals surface area (Å²) in [5, 5.41) is 0.389. The monoisotopic (exact) mass is 365 g/mol. The summed E-state index contributed by atoms with van der Waals surface area (Å²) >= 11 is 6.01. The Morgan fingerprint density at radius 2 is 1.71 bits per heavy atom. The molecule has 0 fully saturated rings. The van der Waals surface area contributed by atoms with Crippen LogP contribution in [0.3, 0.4) is 0 Å². The highest BCUT2D eigenvalue weighted by Gasteiger charge is 2.23. The van der Waals surface area contributed by atoms with Gasteiger partial charge in [-0.05, 0) is 37.1 Å². The molecule has 24 heavy (non-hydrogen) atoms. The number of amides is 1. The third kappa shape index (κ3) is 4.58. The molecule has 0 saturated carbocycles. The molecule has 0 aliphatic rings. The predicted molar refractivity (Wildman–Crippen MR) is 98.1 cm³/mol. The molecule has 0 aliphatic heterocycles. The fourth-order valence-corrected chi connectivity index (χ4v) is 4.16. The molecule has 0 aliphatic carbocycles. The van der Waals surface area contributed by atoms with E-state index in [1.165, 1.54) is 4.90 Å². The van der Waals surface area contributed by atoms with E-state index in [1.54, 1.807) is 24.3 Å². The number of anilines is 1. The molecule has 0 bridgehead atoms. The molecule has 2 aromatic carbocycles. The first-order valence-electron chi connectivity index (χ1n) is 7.64. The minimum absolute atomic E-state index is 0.246. The summed E-state index contributed by atoms with van der Waals surface area (Å²) < 4.78 is 24.8. The Morgan fingerprint density at radius 1 is 1.08 bits per heavy atom. The number of hydrogen-bond acceptors (Lipinski definition) is 3. The van der Waals surface area contributed by atoms with Crippen LogP contribution in [0, 0.1) is 6.92 Å². The number of benzene rings is 2. The number of nitrogens with zero attached hydrogens (tertiary/aromatic N) is 1. The Kier molecular flexibility index (Phi) is 6.02. The average molecular weight is 366 g/mol. The lowest BCUT2D eigenvalue weighted by atomic mass is 10.2. The van der Waals surface area contributed by atoms with Crippen LogP contribution in [0.4, 0.5) is 5.69 Å². The van der Waals surface area contributed by atoms with Crippen molar-refractivity contribution in [2.24, 2.45) is 0 Å². The predicted octanol–water partition coefficient (Wildman–Crippen LogP) is 3.62. The van der Waals surface area contributed by atoms with E-state index < -0.39 is 21.5 Å². The molecule has 0 spiro atoms. The van der Waals surface area contributed by atoms with Gasteiger partial charge in [0.2, 0.25) is 5.91 Å². The van der Waals surface area contributed by atoms with Gasteiger partial charge in [0.1, 0.15) is 5.75 Å². The molecular weight excluding hydrogens is 346 g/mol. The van der Waals surface area contributed by atoms with E-state index in [0.29, 0.717) is 17.1 Å². The maximum atomic E-state index is 12.5. The standard InChI is InChI=1S/C18H20ClNO3S/c1-3-20(17-11-7-4-8-14(17)2)18(21)13-24(22,23)12-15-9-5-6-10-16(15)19/h4-11H,3,12-13H2,1-2H3. The average Bonchev–Trinajstić information content (AvgIpc) is 2.51. The zero-order chi connectivity index (χ0) is 17.7. The smallest absolute Gasteiger partial charge is 0.242 e. The van der Waals surface area contributed by atoms with E-state index in [4.69, 9.17) is 11.6 Å². The summed E-state index contributed by atoms with van der Waals surface area (Å²) in [6, 6.07) is 14.2. The minimum atomic E-state index is -3.61. The van der Waals surface area contributed by atoms with Gasteiger partial charge in [-0.1, -0.05) is 48.0 Å². The lowest BCUT2D eigenvalue weighted by Gasteiger charge is -2.23. The number of hydrogen-bond donors (Lipinski definition) is 0. The van der Waals surface area contributed by atoms with Gasteiger partial charge in [0.25, 0.3) is 0 Å². The van der Waals surface area contributed by atoms with Crippen LogP contribution in [0.25, 0.3) is 0 Å². The second kappa shape index (κ2) is 7.81. The Labute approximate surface area is 148 Å². The number of carbonyl (C=O) groups is 1. The van der Waals surface area contributed by atoms with Gasteiger partial charge in [0.15, 0.2) is 9.84 Å². The van der Waals surface area contributed by atoms with Gasteiger partial charge in [-0.25, -0.2) is 8.42 Å². The highest BCUT2D eigenvalue weighted by Crippen LogP contribution is 2.21. The Morgan fingerprint density at radius 3 is 2.33 bits per heavy atom. The lowest BCUT2D eigenvalue weighted by molar-refractivity contribution is -0.116. The van der Waals surface area contributed by atoms with E-state index in [9.17, 15) is 13.2 Å². The fourth-order valence-electron chi connectivity index (χ4n) is 2.52. The van der Waals surface area contributed by atoms with Crippen molar-refractivity contribution in [3.05, 3.63) is 64.7 Å². The van der Waals surface area contributed by atoms with Crippen LogP contribution in [0.15, 0.2) is 48.5 Å². The normalized spacial score (nSPS) is 11.3. The SMILES string of the molecule is CCN(C(=O)CS(=O)(=O)Cc1ccccc1Cl)c1ccccc1C. The van der Waals surface area contributed by atoms with Crippen LogP contribution >= 0.6 is 11.6 Å². The molecule has 1 amide bonds. The number of rotatable bonds is 6. The summed E-state index contributed by atoms with van der Waals surface area (Å²) in [5.74, 6) is -1.22. The van der Waals surface area contributed by atoms with Crippen molar-refractivity contribution in [1.29, 1.82) is 0 Å². The number of aryl methyl sites for hydroxylation is 1.